The third-order valence-corrected chi connectivity index (χ3v) is 4.46. The van der Waals surface area contributed by atoms with Crippen molar-refractivity contribution in [3.8, 4) is 0 Å². The molecule has 0 bridgehead atoms. The van der Waals surface area contributed by atoms with Gasteiger partial charge < -0.3 is 19.6 Å². The van der Waals surface area contributed by atoms with Crippen LogP contribution in [0.2, 0.25) is 0 Å². The summed E-state index contributed by atoms with van der Waals surface area (Å²) in [5, 5.41) is 10.4. The Balaban J connectivity index is 2.21. The third-order valence-electron chi connectivity index (χ3n) is 4.46. The number of pyridine rings is 1. The van der Waals surface area contributed by atoms with Crippen molar-refractivity contribution in [1.82, 2.24) is 9.97 Å². The summed E-state index contributed by atoms with van der Waals surface area (Å²) in [6, 6.07) is 0. The van der Waals surface area contributed by atoms with Crippen molar-refractivity contribution >= 4 is 16.9 Å². The molecule has 0 aromatic carbocycles. The average molecular weight is 318 g/mol. The predicted octanol–water partition coefficient (Wildman–Crippen LogP) is 2.86. The zero-order valence-corrected chi connectivity index (χ0v) is 13.5. The highest BCUT2D eigenvalue weighted by Gasteiger charge is 2.28. The molecule has 1 aliphatic carbocycles. The number of ether oxygens (including phenoxy) is 2. The SMILES string of the molecule is CCOCC1CCCc2[nH]c3cnc(C(=O)O)c(COC)c3c21. The molecule has 0 fully saturated rings. The van der Waals surface area contributed by atoms with E-state index in [-0.39, 0.29) is 18.2 Å². The van der Waals surface area contributed by atoms with Gasteiger partial charge in [0.15, 0.2) is 5.69 Å². The maximum atomic E-state index is 11.5. The Kier molecular flexibility index (Phi) is 4.63. The topological polar surface area (TPSA) is 84.4 Å². The molecular weight excluding hydrogens is 296 g/mol. The number of aromatic carboxylic acids is 1. The number of carbonyl (C=O) groups is 1. The van der Waals surface area contributed by atoms with Gasteiger partial charge in [-0.1, -0.05) is 0 Å². The Bertz CT molecular complexity index is 723. The lowest BCUT2D eigenvalue weighted by Gasteiger charge is -2.23. The predicted molar refractivity (Wildman–Crippen MR) is 85.9 cm³/mol. The van der Waals surface area contributed by atoms with Crippen molar-refractivity contribution in [3.05, 3.63) is 28.7 Å². The highest BCUT2D eigenvalue weighted by atomic mass is 16.5. The van der Waals surface area contributed by atoms with Crippen molar-refractivity contribution in [3.63, 3.8) is 0 Å². The van der Waals surface area contributed by atoms with E-state index in [9.17, 15) is 9.90 Å². The molecule has 2 N–H and O–H groups in total. The molecule has 1 unspecified atom stereocenters. The summed E-state index contributed by atoms with van der Waals surface area (Å²) in [6.45, 7) is 3.56. The Morgan fingerprint density at radius 2 is 2.35 bits per heavy atom. The summed E-state index contributed by atoms with van der Waals surface area (Å²) in [4.78, 5) is 19.1. The minimum absolute atomic E-state index is 0.0712. The first-order valence-electron chi connectivity index (χ1n) is 7.99. The van der Waals surface area contributed by atoms with E-state index < -0.39 is 5.97 Å². The minimum Gasteiger partial charge on any atom is -0.477 e. The maximum Gasteiger partial charge on any atom is 0.354 e. The van der Waals surface area contributed by atoms with Gasteiger partial charge in [-0.05, 0) is 31.7 Å². The first-order chi connectivity index (χ1) is 11.2. The second-order valence-electron chi connectivity index (χ2n) is 5.88. The largest absolute Gasteiger partial charge is 0.477 e. The fourth-order valence-electron chi connectivity index (χ4n) is 3.55. The molecule has 0 amide bonds. The van der Waals surface area contributed by atoms with E-state index in [0.29, 0.717) is 18.8 Å². The van der Waals surface area contributed by atoms with Crippen LogP contribution in [0.1, 0.15) is 53.0 Å². The van der Waals surface area contributed by atoms with E-state index in [0.717, 1.165) is 30.2 Å². The molecule has 1 aliphatic rings. The highest BCUT2D eigenvalue weighted by Crippen LogP contribution is 2.39. The van der Waals surface area contributed by atoms with Gasteiger partial charge in [-0.25, -0.2) is 9.78 Å². The smallest absolute Gasteiger partial charge is 0.354 e. The van der Waals surface area contributed by atoms with Crippen LogP contribution in [0.3, 0.4) is 0 Å². The lowest BCUT2D eigenvalue weighted by molar-refractivity contribution is 0.0685. The lowest BCUT2D eigenvalue weighted by atomic mass is 9.84. The molecule has 6 nitrogen and oxygen atoms in total. The third kappa shape index (κ3) is 2.84. The summed E-state index contributed by atoms with van der Waals surface area (Å²) >= 11 is 0. The van der Waals surface area contributed by atoms with E-state index in [1.807, 2.05) is 6.92 Å². The number of rotatable bonds is 6. The van der Waals surface area contributed by atoms with E-state index in [2.05, 4.69) is 9.97 Å². The van der Waals surface area contributed by atoms with Gasteiger partial charge in [0.25, 0.3) is 0 Å². The van der Waals surface area contributed by atoms with Gasteiger partial charge in [0.1, 0.15) is 0 Å². The van der Waals surface area contributed by atoms with Crippen LogP contribution in [0.5, 0.6) is 0 Å². The van der Waals surface area contributed by atoms with Crippen molar-refractivity contribution in [2.45, 2.75) is 38.7 Å². The van der Waals surface area contributed by atoms with Crippen LogP contribution in [-0.2, 0) is 22.5 Å². The lowest BCUT2D eigenvalue weighted by Crippen LogP contribution is -2.15. The Morgan fingerprint density at radius 3 is 3.04 bits per heavy atom. The van der Waals surface area contributed by atoms with Crippen LogP contribution in [0.4, 0.5) is 0 Å². The standard InChI is InChI=1S/C17H22N2O4/c1-3-23-8-10-5-4-6-12-14(10)15-11(9-22-2)16(17(20)21)18-7-13(15)19-12/h7,10,19H,3-6,8-9H2,1-2H3,(H,20,21). The van der Waals surface area contributed by atoms with Crippen molar-refractivity contribution in [2.24, 2.45) is 0 Å². The first-order valence-corrected chi connectivity index (χ1v) is 7.99. The molecule has 0 saturated heterocycles. The molecule has 23 heavy (non-hydrogen) atoms. The van der Waals surface area contributed by atoms with Gasteiger partial charge in [-0.3, -0.25) is 0 Å². The molecular formula is C17H22N2O4. The van der Waals surface area contributed by atoms with Crippen molar-refractivity contribution in [2.75, 3.05) is 20.3 Å². The number of hydrogen-bond acceptors (Lipinski definition) is 4. The molecule has 2 heterocycles. The fraction of sp³-hybridized carbons (Fsp3) is 0.529. The number of nitrogens with zero attached hydrogens (tertiary/aromatic N) is 1. The number of fused-ring (bicyclic) bond motifs is 3. The second-order valence-corrected chi connectivity index (χ2v) is 5.88. The maximum absolute atomic E-state index is 11.5. The molecule has 0 saturated carbocycles. The van der Waals surface area contributed by atoms with E-state index >= 15 is 0 Å². The van der Waals surface area contributed by atoms with Gasteiger partial charge >= 0.3 is 5.97 Å². The molecule has 2 aromatic heterocycles. The van der Waals surface area contributed by atoms with Crippen molar-refractivity contribution < 1.29 is 19.4 Å². The minimum atomic E-state index is -1.02. The zero-order valence-electron chi connectivity index (χ0n) is 13.5. The number of aromatic nitrogens is 2. The number of H-pyrrole nitrogens is 1. The molecule has 3 rings (SSSR count). The Labute approximate surface area is 134 Å². The molecule has 124 valence electrons. The fourth-order valence-corrected chi connectivity index (χ4v) is 3.55. The Morgan fingerprint density at radius 1 is 1.52 bits per heavy atom. The quantitative estimate of drug-likeness (QED) is 0.855. The monoisotopic (exact) mass is 318 g/mol. The van der Waals surface area contributed by atoms with E-state index in [4.69, 9.17) is 9.47 Å². The van der Waals surface area contributed by atoms with Crippen LogP contribution >= 0.6 is 0 Å². The molecule has 0 aliphatic heterocycles. The summed E-state index contributed by atoms with van der Waals surface area (Å²) in [6.07, 6.45) is 4.75. The summed E-state index contributed by atoms with van der Waals surface area (Å²) < 4.78 is 10.9. The van der Waals surface area contributed by atoms with Crippen LogP contribution in [0.25, 0.3) is 10.9 Å². The zero-order chi connectivity index (χ0) is 16.4. The molecule has 2 aromatic rings. The van der Waals surface area contributed by atoms with Crippen LogP contribution < -0.4 is 0 Å². The number of aromatic amines is 1. The molecule has 1 atom stereocenters. The number of aryl methyl sites for hydroxylation is 1. The van der Waals surface area contributed by atoms with Gasteiger partial charge in [0.05, 0.1) is 24.9 Å². The summed E-state index contributed by atoms with van der Waals surface area (Å²) in [5.41, 5.74) is 3.98. The van der Waals surface area contributed by atoms with Crippen LogP contribution in [-0.4, -0.2) is 41.4 Å². The normalized spacial score (nSPS) is 17.4. The Hall–Kier alpha value is -1.92. The van der Waals surface area contributed by atoms with Gasteiger partial charge in [0.2, 0.25) is 0 Å². The number of hydrogen-bond donors (Lipinski definition) is 2. The van der Waals surface area contributed by atoms with Crippen LogP contribution in [0.15, 0.2) is 6.20 Å². The van der Waals surface area contributed by atoms with Gasteiger partial charge in [-0.2, -0.15) is 0 Å². The van der Waals surface area contributed by atoms with Crippen LogP contribution in [0, 0.1) is 0 Å². The second kappa shape index (κ2) is 6.68. The molecule has 0 spiro atoms. The highest BCUT2D eigenvalue weighted by molar-refractivity contribution is 5.97. The first kappa shape index (κ1) is 16.0. The summed E-state index contributed by atoms with van der Waals surface area (Å²) in [7, 11) is 1.57. The summed E-state index contributed by atoms with van der Waals surface area (Å²) in [5.74, 6) is -0.738. The van der Waals surface area contributed by atoms with E-state index in [1.54, 1.807) is 13.3 Å². The van der Waals surface area contributed by atoms with E-state index in [1.165, 1.54) is 11.3 Å². The van der Waals surface area contributed by atoms with Crippen molar-refractivity contribution in [1.29, 1.82) is 0 Å². The van der Waals surface area contributed by atoms with Gasteiger partial charge in [-0.15, -0.1) is 0 Å². The number of methoxy groups -OCH3 is 1. The average Bonchev–Trinajstić information content (AvgIpc) is 2.92. The number of nitrogens with one attached hydrogen (secondary N) is 1. The number of carboxylic acids is 1. The number of carboxylic acid groups (broad SMARTS) is 1. The molecule has 6 heteroatoms. The molecule has 0 radical (unpaired) electrons. The van der Waals surface area contributed by atoms with Gasteiger partial charge in [0, 0.05) is 36.3 Å².